The predicted octanol–water partition coefficient (Wildman–Crippen LogP) is 2.03. The molecule has 0 aliphatic rings. The molecule has 2 aromatic rings. The number of nitrogens with one attached hydrogen (secondary N) is 1. The van der Waals surface area contributed by atoms with E-state index in [1.165, 1.54) is 12.4 Å². The molecule has 2 rings (SSSR count). The summed E-state index contributed by atoms with van der Waals surface area (Å²) < 4.78 is 0. The Kier molecular flexibility index (Phi) is 4.10. The van der Waals surface area contributed by atoms with Crippen LogP contribution in [0.5, 0.6) is 5.75 Å². The van der Waals surface area contributed by atoms with E-state index in [0.717, 1.165) is 5.69 Å². The molecule has 5 heteroatoms. The number of anilines is 1. The first-order valence-corrected chi connectivity index (χ1v) is 5.85. The number of rotatable bonds is 4. The molecule has 0 fully saturated rings. The van der Waals surface area contributed by atoms with Crippen LogP contribution in [0.1, 0.15) is 16.8 Å². The second kappa shape index (κ2) is 5.97. The van der Waals surface area contributed by atoms with Crippen molar-refractivity contribution in [2.45, 2.75) is 13.5 Å². The smallest absolute Gasteiger partial charge is 0.145 e. The van der Waals surface area contributed by atoms with Crippen LogP contribution in [0.3, 0.4) is 0 Å². The number of aliphatic hydroxyl groups is 1. The van der Waals surface area contributed by atoms with Gasteiger partial charge in [0.15, 0.2) is 0 Å². The summed E-state index contributed by atoms with van der Waals surface area (Å²) in [4.78, 5) is 3.98. The Labute approximate surface area is 111 Å². The summed E-state index contributed by atoms with van der Waals surface area (Å²) in [6, 6.07) is 9.46. The third kappa shape index (κ3) is 3.08. The van der Waals surface area contributed by atoms with Crippen molar-refractivity contribution in [3.05, 3.63) is 53.3 Å². The van der Waals surface area contributed by atoms with Gasteiger partial charge in [0.05, 0.1) is 24.2 Å². The van der Waals surface area contributed by atoms with Gasteiger partial charge in [0.1, 0.15) is 5.75 Å². The Balaban J connectivity index is 2.21. The van der Waals surface area contributed by atoms with Gasteiger partial charge >= 0.3 is 0 Å². The number of nitrogens with zero attached hydrogens (tertiary/aromatic N) is 2. The molecule has 0 saturated heterocycles. The van der Waals surface area contributed by atoms with E-state index < -0.39 is 0 Å². The number of para-hydroxylation sites is 1. The van der Waals surface area contributed by atoms with E-state index in [1.807, 2.05) is 30.3 Å². The molecule has 1 heterocycles. The number of hydrogen-bond acceptors (Lipinski definition) is 5. The first-order chi connectivity index (χ1) is 9.22. The van der Waals surface area contributed by atoms with Crippen LogP contribution >= 0.6 is 0 Å². The highest BCUT2D eigenvalue weighted by molar-refractivity contribution is 5.86. The number of aromatic nitrogens is 1. The maximum absolute atomic E-state index is 9.91. The summed E-state index contributed by atoms with van der Waals surface area (Å²) in [5, 5.41) is 23.2. The maximum Gasteiger partial charge on any atom is 0.145 e. The topological polar surface area (TPSA) is 77.7 Å². The lowest BCUT2D eigenvalue weighted by Gasteiger charge is -2.07. The summed E-state index contributed by atoms with van der Waals surface area (Å²) in [6.07, 6.45) is 3.00. The monoisotopic (exact) mass is 257 g/mol. The molecule has 1 aromatic carbocycles. The van der Waals surface area contributed by atoms with Crippen molar-refractivity contribution in [2.75, 3.05) is 5.43 Å². The van der Waals surface area contributed by atoms with E-state index in [1.54, 1.807) is 6.92 Å². The lowest BCUT2D eigenvalue weighted by molar-refractivity contribution is 0.280. The fraction of sp³-hybridized carbons (Fsp3) is 0.143. The molecule has 0 aliphatic carbocycles. The van der Waals surface area contributed by atoms with Crippen LogP contribution in [0, 0.1) is 6.92 Å². The minimum absolute atomic E-state index is 0.0326. The highest BCUT2D eigenvalue weighted by atomic mass is 16.3. The summed E-state index contributed by atoms with van der Waals surface area (Å²) in [5.41, 5.74) is 5.19. The zero-order valence-corrected chi connectivity index (χ0v) is 10.5. The summed E-state index contributed by atoms with van der Waals surface area (Å²) >= 11 is 0. The van der Waals surface area contributed by atoms with Gasteiger partial charge in [-0.2, -0.15) is 5.10 Å². The second-order valence-corrected chi connectivity index (χ2v) is 4.03. The van der Waals surface area contributed by atoms with Crippen LogP contribution in [0.2, 0.25) is 0 Å². The van der Waals surface area contributed by atoms with Crippen molar-refractivity contribution >= 4 is 11.9 Å². The molecule has 0 radical (unpaired) electrons. The molecular weight excluding hydrogens is 242 g/mol. The normalized spacial score (nSPS) is 10.8. The Morgan fingerprint density at radius 1 is 1.32 bits per heavy atom. The number of aliphatic hydroxyl groups excluding tert-OH is 1. The van der Waals surface area contributed by atoms with E-state index in [-0.39, 0.29) is 12.4 Å². The molecule has 0 saturated carbocycles. The predicted molar refractivity (Wildman–Crippen MR) is 74.2 cm³/mol. The molecule has 0 spiro atoms. The quantitative estimate of drug-likeness (QED) is 0.578. The minimum atomic E-state index is -0.201. The van der Waals surface area contributed by atoms with Crippen LogP contribution in [0.15, 0.2) is 41.6 Å². The van der Waals surface area contributed by atoms with Crippen LogP contribution in [-0.2, 0) is 6.61 Å². The van der Waals surface area contributed by atoms with Crippen molar-refractivity contribution in [1.29, 1.82) is 0 Å². The molecule has 98 valence electrons. The summed E-state index contributed by atoms with van der Waals surface area (Å²) in [6.45, 7) is 1.49. The standard InChI is InChI=1S/C14H15N3O2/c1-10-14(19)13(11(9-18)7-15-10)8-16-17-12-5-3-2-4-6-12/h2-8,17-19H,9H2,1H3/b16-8-. The number of hydrazone groups is 1. The molecule has 0 aliphatic heterocycles. The van der Waals surface area contributed by atoms with Crippen LogP contribution in [0.25, 0.3) is 0 Å². The minimum Gasteiger partial charge on any atom is -0.505 e. The number of aromatic hydroxyl groups is 1. The largest absolute Gasteiger partial charge is 0.505 e. The molecule has 0 amide bonds. The van der Waals surface area contributed by atoms with Gasteiger partial charge < -0.3 is 10.2 Å². The van der Waals surface area contributed by atoms with Gasteiger partial charge in [0.2, 0.25) is 0 Å². The van der Waals surface area contributed by atoms with Crippen molar-refractivity contribution in [2.24, 2.45) is 5.10 Å². The number of aryl methyl sites for hydroxylation is 1. The molecule has 1 aromatic heterocycles. The van der Waals surface area contributed by atoms with Gasteiger partial charge in [-0.15, -0.1) is 0 Å². The lowest BCUT2D eigenvalue weighted by Crippen LogP contribution is -1.99. The Morgan fingerprint density at radius 3 is 2.74 bits per heavy atom. The third-order valence-corrected chi connectivity index (χ3v) is 2.69. The van der Waals surface area contributed by atoms with Gasteiger partial charge in [-0.25, -0.2) is 0 Å². The molecular formula is C14H15N3O2. The second-order valence-electron chi connectivity index (χ2n) is 4.03. The van der Waals surface area contributed by atoms with Gasteiger partial charge in [0, 0.05) is 17.3 Å². The average Bonchev–Trinajstić information content (AvgIpc) is 2.45. The van der Waals surface area contributed by atoms with Gasteiger partial charge in [-0.1, -0.05) is 18.2 Å². The van der Waals surface area contributed by atoms with Gasteiger partial charge in [-0.05, 0) is 19.1 Å². The molecule has 3 N–H and O–H groups in total. The van der Waals surface area contributed by atoms with Gasteiger partial charge in [-0.3, -0.25) is 10.4 Å². The van der Waals surface area contributed by atoms with Crippen LogP contribution < -0.4 is 5.43 Å². The fourth-order valence-corrected chi connectivity index (χ4v) is 1.61. The van der Waals surface area contributed by atoms with E-state index in [9.17, 15) is 10.2 Å². The van der Waals surface area contributed by atoms with E-state index in [0.29, 0.717) is 16.8 Å². The highest BCUT2D eigenvalue weighted by Gasteiger charge is 2.08. The van der Waals surface area contributed by atoms with Crippen molar-refractivity contribution in [3.8, 4) is 5.75 Å². The Morgan fingerprint density at radius 2 is 2.05 bits per heavy atom. The SMILES string of the molecule is Cc1ncc(CO)c(/C=N\Nc2ccccc2)c1O. The Hall–Kier alpha value is -2.40. The number of hydrogen-bond donors (Lipinski definition) is 3. The molecule has 19 heavy (non-hydrogen) atoms. The number of benzene rings is 1. The third-order valence-electron chi connectivity index (χ3n) is 2.69. The first kappa shape index (κ1) is 13.0. The van der Waals surface area contributed by atoms with E-state index in [2.05, 4.69) is 15.5 Å². The van der Waals surface area contributed by atoms with Crippen molar-refractivity contribution in [1.82, 2.24) is 4.98 Å². The molecule has 0 bridgehead atoms. The average molecular weight is 257 g/mol. The zero-order chi connectivity index (χ0) is 13.7. The molecule has 0 atom stereocenters. The molecule has 0 unspecified atom stereocenters. The zero-order valence-electron chi connectivity index (χ0n) is 10.5. The fourth-order valence-electron chi connectivity index (χ4n) is 1.61. The summed E-state index contributed by atoms with van der Waals surface area (Å²) in [7, 11) is 0. The van der Waals surface area contributed by atoms with Crippen molar-refractivity contribution < 1.29 is 10.2 Å². The van der Waals surface area contributed by atoms with E-state index in [4.69, 9.17) is 0 Å². The summed E-state index contributed by atoms with van der Waals surface area (Å²) in [5.74, 6) is 0.0326. The Bertz CT molecular complexity index is 583. The number of pyridine rings is 1. The lowest BCUT2D eigenvalue weighted by atomic mass is 10.1. The van der Waals surface area contributed by atoms with Crippen molar-refractivity contribution in [3.63, 3.8) is 0 Å². The first-order valence-electron chi connectivity index (χ1n) is 5.85. The maximum atomic E-state index is 9.91. The molecule has 5 nitrogen and oxygen atoms in total. The van der Waals surface area contributed by atoms with Crippen LogP contribution in [0.4, 0.5) is 5.69 Å². The van der Waals surface area contributed by atoms with E-state index >= 15 is 0 Å². The van der Waals surface area contributed by atoms with Gasteiger partial charge in [0.25, 0.3) is 0 Å². The van der Waals surface area contributed by atoms with Crippen LogP contribution in [-0.4, -0.2) is 21.4 Å². The highest BCUT2D eigenvalue weighted by Crippen LogP contribution is 2.21.